The van der Waals surface area contributed by atoms with Gasteiger partial charge in [0.2, 0.25) is 0 Å². The molecule has 0 aromatic heterocycles. The first-order valence-corrected chi connectivity index (χ1v) is 9.05. The van der Waals surface area contributed by atoms with Gasteiger partial charge in [0.15, 0.2) is 11.5 Å². The number of amides is 2. The zero-order chi connectivity index (χ0) is 19.5. The maximum atomic E-state index is 12.1. The minimum Gasteiger partial charge on any atom is -0.493 e. The number of hydrogen-bond donors (Lipinski definition) is 2. The van der Waals surface area contributed by atoms with Gasteiger partial charge in [0.1, 0.15) is 0 Å². The van der Waals surface area contributed by atoms with Gasteiger partial charge in [-0.05, 0) is 42.2 Å². The molecular formula is C21H28N2O4. The molecule has 0 aliphatic heterocycles. The van der Waals surface area contributed by atoms with Crippen molar-refractivity contribution in [3.8, 4) is 11.5 Å². The van der Waals surface area contributed by atoms with Crippen LogP contribution in [0.25, 0.3) is 0 Å². The summed E-state index contributed by atoms with van der Waals surface area (Å²) in [5.41, 5.74) is 3.21. The first kappa shape index (κ1) is 20.6. The summed E-state index contributed by atoms with van der Waals surface area (Å²) in [4.78, 5) is 12.1. The molecular weight excluding hydrogens is 344 g/mol. The molecule has 6 nitrogen and oxygen atoms in total. The summed E-state index contributed by atoms with van der Waals surface area (Å²) < 4.78 is 16.0. The third kappa shape index (κ3) is 6.49. The normalized spacial score (nSPS) is 10.3. The molecule has 2 rings (SSSR count). The van der Waals surface area contributed by atoms with Crippen LogP contribution >= 0.6 is 0 Å². The summed E-state index contributed by atoms with van der Waals surface area (Å²) in [6.45, 7) is 4.17. The second kappa shape index (κ2) is 11.1. The van der Waals surface area contributed by atoms with Crippen LogP contribution in [0.4, 0.5) is 4.79 Å². The highest BCUT2D eigenvalue weighted by molar-refractivity contribution is 5.73. The van der Waals surface area contributed by atoms with E-state index in [1.807, 2.05) is 49.4 Å². The quantitative estimate of drug-likeness (QED) is 0.672. The van der Waals surface area contributed by atoms with Crippen molar-refractivity contribution in [1.29, 1.82) is 0 Å². The van der Waals surface area contributed by atoms with Gasteiger partial charge < -0.3 is 24.8 Å². The third-order valence-corrected chi connectivity index (χ3v) is 4.17. The number of nitrogens with one attached hydrogen (secondary N) is 2. The van der Waals surface area contributed by atoms with E-state index in [1.165, 1.54) is 0 Å². The van der Waals surface area contributed by atoms with Gasteiger partial charge in [0.05, 0.1) is 20.8 Å². The van der Waals surface area contributed by atoms with Gasteiger partial charge in [-0.3, -0.25) is 0 Å². The van der Waals surface area contributed by atoms with Crippen molar-refractivity contribution in [3.63, 3.8) is 0 Å². The fourth-order valence-electron chi connectivity index (χ4n) is 2.68. The van der Waals surface area contributed by atoms with E-state index in [1.54, 1.807) is 14.2 Å². The summed E-state index contributed by atoms with van der Waals surface area (Å²) in [5, 5.41) is 5.77. The number of benzene rings is 2. The van der Waals surface area contributed by atoms with Crippen LogP contribution < -0.4 is 20.1 Å². The highest BCUT2D eigenvalue weighted by atomic mass is 16.5. The van der Waals surface area contributed by atoms with Gasteiger partial charge in [-0.1, -0.05) is 30.3 Å². The molecule has 0 unspecified atom stereocenters. The minimum absolute atomic E-state index is 0.193. The van der Waals surface area contributed by atoms with Crippen molar-refractivity contribution >= 4 is 6.03 Å². The summed E-state index contributed by atoms with van der Waals surface area (Å²) in [6.07, 6.45) is 0.703. The number of carbonyl (C=O) groups is 1. The lowest BCUT2D eigenvalue weighted by Gasteiger charge is -2.12. The molecule has 0 fully saturated rings. The first-order valence-electron chi connectivity index (χ1n) is 9.05. The van der Waals surface area contributed by atoms with Gasteiger partial charge in [-0.2, -0.15) is 0 Å². The zero-order valence-electron chi connectivity index (χ0n) is 16.2. The Labute approximate surface area is 160 Å². The summed E-state index contributed by atoms with van der Waals surface area (Å²) in [5.74, 6) is 1.38. The predicted octanol–water partition coefficient (Wildman–Crippen LogP) is 3.28. The van der Waals surface area contributed by atoms with Crippen LogP contribution in [0.15, 0.2) is 42.5 Å². The van der Waals surface area contributed by atoms with Crippen LogP contribution in [0, 0.1) is 0 Å². The van der Waals surface area contributed by atoms with Crippen LogP contribution in [-0.2, 0) is 24.3 Å². The molecule has 146 valence electrons. The van der Waals surface area contributed by atoms with Crippen LogP contribution in [-0.4, -0.2) is 33.4 Å². The predicted molar refractivity (Wildman–Crippen MR) is 105 cm³/mol. The molecule has 0 heterocycles. The molecule has 0 atom stereocenters. The Morgan fingerprint density at radius 2 is 1.70 bits per heavy atom. The van der Waals surface area contributed by atoms with Crippen LogP contribution in [0.1, 0.15) is 23.6 Å². The minimum atomic E-state index is -0.193. The molecule has 27 heavy (non-hydrogen) atoms. The van der Waals surface area contributed by atoms with Crippen molar-refractivity contribution in [3.05, 3.63) is 59.2 Å². The molecule has 0 saturated carbocycles. The summed E-state index contributed by atoms with van der Waals surface area (Å²) in [7, 11) is 3.21. The second-order valence-corrected chi connectivity index (χ2v) is 5.95. The monoisotopic (exact) mass is 372 g/mol. The number of ether oxygens (including phenoxy) is 3. The van der Waals surface area contributed by atoms with Crippen molar-refractivity contribution < 1.29 is 19.0 Å². The number of hydrogen-bond acceptors (Lipinski definition) is 4. The average molecular weight is 372 g/mol. The van der Waals surface area contributed by atoms with E-state index in [9.17, 15) is 4.79 Å². The van der Waals surface area contributed by atoms with E-state index < -0.39 is 0 Å². The molecule has 0 saturated heterocycles. The largest absolute Gasteiger partial charge is 0.493 e. The van der Waals surface area contributed by atoms with E-state index in [-0.39, 0.29) is 6.03 Å². The maximum Gasteiger partial charge on any atom is 0.315 e. The number of methoxy groups -OCH3 is 2. The van der Waals surface area contributed by atoms with E-state index in [0.717, 1.165) is 16.7 Å². The highest BCUT2D eigenvalue weighted by Gasteiger charge is 2.07. The Bertz CT molecular complexity index is 734. The first-order chi connectivity index (χ1) is 13.2. The molecule has 2 amide bonds. The van der Waals surface area contributed by atoms with Crippen molar-refractivity contribution in [2.45, 2.75) is 26.5 Å². The summed E-state index contributed by atoms with van der Waals surface area (Å²) >= 11 is 0. The van der Waals surface area contributed by atoms with Crippen LogP contribution in [0.3, 0.4) is 0 Å². The van der Waals surface area contributed by atoms with Crippen LogP contribution in [0.5, 0.6) is 11.5 Å². The lowest BCUT2D eigenvalue weighted by Crippen LogP contribution is -2.36. The smallest absolute Gasteiger partial charge is 0.315 e. The van der Waals surface area contributed by atoms with Crippen LogP contribution in [0.2, 0.25) is 0 Å². The highest BCUT2D eigenvalue weighted by Crippen LogP contribution is 2.27. The average Bonchev–Trinajstić information content (AvgIpc) is 2.71. The van der Waals surface area contributed by atoms with E-state index in [4.69, 9.17) is 14.2 Å². The standard InChI is InChI=1S/C21H28N2O4/c1-4-27-15-18-8-6-5-7-17(18)14-23-21(24)22-12-11-16-9-10-19(25-2)20(13-16)26-3/h5-10,13H,4,11-12,14-15H2,1-3H3,(H2,22,23,24). The lowest BCUT2D eigenvalue weighted by molar-refractivity contribution is 0.133. The Morgan fingerprint density at radius 3 is 2.41 bits per heavy atom. The lowest BCUT2D eigenvalue weighted by atomic mass is 10.1. The molecule has 6 heteroatoms. The molecule has 2 aromatic rings. The van der Waals surface area contributed by atoms with Gasteiger partial charge in [0.25, 0.3) is 0 Å². The maximum absolute atomic E-state index is 12.1. The van der Waals surface area contributed by atoms with Gasteiger partial charge in [-0.15, -0.1) is 0 Å². The van der Waals surface area contributed by atoms with Gasteiger partial charge in [-0.25, -0.2) is 4.79 Å². The second-order valence-electron chi connectivity index (χ2n) is 5.95. The Kier molecular flexibility index (Phi) is 8.45. The Hall–Kier alpha value is -2.73. The van der Waals surface area contributed by atoms with Crippen molar-refractivity contribution in [2.75, 3.05) is 27.4 Å². The molecule has 0 aliphatic carbocycles. The van der Waals surface area contributed by atoms with Gasteiger partial charge >= 0.3 is 6.03 Å². The molecule has 2 aromatic carbocycles. The molecule has 0 spiro atoms. The number of rotatable bonds is 10. The van der Waals surface area contributed by atoms with E-state index in [2.05, 4.69) is 10.6 Å². The zero-order valence-corrected chi connectivity index (χ0v) is 16.2. The van der Waals surface area contributed by atoms with Crippen molar-refractivity contribution in [2.24, 2.45) is 0 Å². The Balaban J connectivity index is 1.79. The number of carbonyl (C=O) groups excluding carboxylic acids is 1. The fraction of sp³-hybridized carbons (Fsp3) is 0.381. The molecule has 2 N–H and O–H groups in total. The van der Waals surface area contributed by atoms with Gasteiger partial charge in [0, 0.05) is 19.7 Å². The summed E-state index contributed by atoms with van der Waals surface area (Å²) in [6, 6.07) is 13.5. The Morgan fingerprint density at radius 1 is 0.963 bits per heavy atom. The third-order valence-electron chi connectivity index (χ3n) is 4.17. The molecule has 0 bridgehead atoms. The van der Waals surface area contributed by atoms with Crippen molar-refractivity contribution in [1.82, 2.24) is 10.6 Å². The molecule has 0 radical (unpaired) electrons. The van der Waals surface area contributed by atoms with E-state index >= 15 is 0 Å². The molecule has 0 aliphatic rings. The number of urea groups is 1. The topological polar surface area (TPSA) is 68.8 Å². The fourth-order valence-corrected chi connectivity index (χ4v) is 2.68. The SMILES string of the molecule is CCOCc1ccccc1CNC(=O)NCCc1ccc(OC)c(OC)c1. The van der Waals surface area contributed by atoms with E-state index in [0.29, 0.717) is 44.2 Å².